The van der Waals surface area contributed by atoms with Crippen LogP contribution in [0.5, 0.6) is 0 Å². The molecule has 0 bridgehead atoms. The number of furan rings is 1. The summed E-state index contributed by atoms with van der Waals surface area (Å²) in [5, 5.41) is 3.49. The molecule has 0 aliphatic carbocycles. The average Bonchev–Trinajstić information content (AvgIpc) is 2.64. The third-order valence-corrected chi connectivity index (χ3v) is 3.81. The zero-order chi connectivity index (χ0) is 11.3. The molecule has 0 spiro atoms. The van der Waals surface area contributed by atoms with Gasteiger partial charge >= 0.3 is 0 Å². The molecule has 0 aliphatic rings. The maximum absolute atomic E-state index is 5.84. The Kier molecular flexibility index (Phi) is 1.95. The molecule has 0 N–H and O–H groups in total. The van der Waals surface area contributed by atoms with Gasteiger partial charge in [-0.15, -0.1) is 0 Å². The first-order valence-electron chi connectivity index (χ1n) is 5.31. The van der Waals surface area contributed by atoms with Gasteiger partial charge in [0, 0.05) is 10.8 Å². The Labute approximate surface area is 97.5 Å². The van der Waals surface area contributed by atoms with Crippen LogP contribution in [0.2, 0.25) is 0 Å². The fraction of sp³-hybridized carbons (Fsp3) is 0.143. The monoisotopic (exact) mass is 223 g/mol. The first-order valence-corrected chi connectivity index (χ1v) is 5.81. The van der Waals surface area contributed by atoms with Gasteiger partial charge in [0.05, 0.1) is 10.2 Å². The Morgan fingerprint density at radius 2 is 1.81 bits per heavy atom. The van der Waals surface area contributed by atoms with Crippen LogP contribution in [0, 0.1) is 13.8 Å². The smallest absolute Gasteiger partial charge is 0.135 e. The largest absolute Gasteiger partial charge is 0.456 e. The maximum Gasteiger partial charge on any atom is 0.135 e. The summed E-state index contributed by atoms with van der Waals surface area (Å²) >= 11 is 0. The molecule has 0 atom stereocenters. The summed E-state index contributed by atoms with van der Waals surface area (Å²) in [7, 11) is 3.73. The van der Waals surface area contributed by atoms with Crippen molar-refractivity contribution in [3.05, 3.63) is 41.5 Å². The van der Waals surface area contributed by atoms with E-state index in [0.717, 1.165) is 16.4 Å². The van der Waals surface area contributed by atoms with Gasteiger partial charge in [-0.2, -0.15) is 0 Å². The fourth-order valence-corrected chi connectivity index (χ4v) is 2.57. The van der Waals surface area contributed by atoms with Gasteiger partial charge in [-0.25, -0.2) is 0 Å². The van der Waals surface area contributed by atoms with E-state index in [9.17, 15) is 0 Å². The number of benzene rings is 2. The molecule has 0 aliphatic heterocycles. The molecule has 0 saturated heterocycles. The van der Waals surface area contributed by atoms with Gasteiger partial charge in [-0.05, 0) is 37.1 Å². The number of aryl methyl sites for hydroxylation is 1. The lowest BCUT2D eigenvalue weighted by Crippen LogP contribution is -2.09. The molecule has 0 amide bonds. The molecular weight excluding hydrogens is 212 g/mol. The second-order valence-corrected chi connectivity index (χ2v) is 4.66. The van der Waals surface area contributed by atoms with Crippen LogP contribution in [0.1, 0.15) is 11.1 Å². The lowest BCUT2D eigenvalue weighted by atomic mass is 10.1. The first-order chi connectivity index (χ1) is 7.68. The standard InChI is InChI=1S/C14H11OSi/c1-8-7-12-13(14(16)9(8)2)10-5-3-4-6-11(10)15-12/h3-7H,1-2H3. The Morgan fingerprint density at radius 3 is 2.62 bits per heavy atom. The Bertz CT molecular complexity index is 695. The van der Waals surface area contributed by atoms with Crippen LogP contribution >= 0.6 is 0 Å². The second kappa shape index (κ2) is 3.22. The normalized spacial score (nSPS) is 11.4. The minimum atomic E-state index is 0.946. The van der Waals surface area contributed by atoms with E-state index in [1.807, 2.05) is 18.2 Å². The minimum Gasteiger partial charge on any atom is -0.456 e. The molecular formula is C14H11OSi. The third kappa shape index (κ3) is 1.17. The van der Waals surface area contributed by atoms with Crippen molar-refractivity contribution < 1.29 is 4.42 Å². The number of rotatable bonds is 0. The SMILES string of the molecule is Cc1cc2oc3ccccc3c2c([Si])c1C. The van der Waals surface area contributed by atoms with E-state index in [-0.39, 0.29) is 0 Å². The molecule has 77 valence electrons. The highest BCUT2D eigenvalue weighted by molar-refractivity contribution is 6.42. The van der Waals surface area contributed by atoms with Crippen molar-refractivity contribution >= 4 is 37.4 Å². The number of hydrogen-bond acceptors (Lipinski definition) is 1. The quantitative estimate of drug-likeness (QED) is 0.534. The topological polar surface area (TPSA) is 13.1 Å². The maximum atomic E-state index is 5.84. The van der Waals surface area contributed by atoms with Gasteiger partial charge in [0.1, 0.15) is 11.2 Å². The van der Waals surface area contributed by atoms with E-state index in [0.29, 0.717) is 0 Å². The third-order valence-electron chi connectivity index (χ3n) is 3.19. The van der Waals surface area contributed by atoms with Crippen LogP contribution in [0.4, 0.5) is 0 Å². The Balaban J connectivity index is 2.62. The van der Waals surface area contributed by atoms with E-state index in [1.54, 1.807) is 0 Å². The van der Waals surface area contributed by atoms with E-state index < -0.39 is 0 Å². The number of fused-ring (bicyclic) bond motifs is 3. The molecule has 1 aromatic heterocycles. The van der Waals surface area contributed by atoms with Crippen molar-refractivity contribution in [2.45, 2.75) is 13.8 Å². The lowest BCUT2D eigenvalue weighted by Gasteiger charge is -2.05. The summed E-state index contributed by atoms with van der Waals surface area (Å²) in [5.41, 5.74) is 4.42. The van der Waals surface area contributed by atoms with Gasteiger partial charge in [-0.1, -0.05) is 23.4 Å². The molecule has 16 heavy (non-hydrogen) atoms. The minimum absolute atomic E-state index is 0.946. The van der Waals surface area contributed by atoms with Gasteiger partial charge in [0.15, 0.2) is 0 Å². The van der Waals surface area contributed by atoms with Crippen LogP contribution in [-0.2, 0) is 0 Å². The Morgan fingerprint density at radius 1 is 1.06 bits per heavy atom. The average molecular weight is 223 g/mol. The predicted octanol–water partition coefficient (Wildman–Crippen LogP) is 3.00. The van der Waals surface area contributed by atoms with Gasteiger partial charge < -0.3 is 4.42 Å². The van der Waals surface area contributed by atoms with Gasteiger partial charge in [-0.3, -0.25) is 0 Å². The second-order valence-electron chi connectivity index (χ2n) is 4.16. The molecule has 0 fully saturated rings. The number of para-hydroxylation sites is 1. The van der Waals surface area contributed by atoms with Crippen molar-refractivity contribution in [3.8, 4) is 0 Å². The van der Waals surface area contributed by atoms with Crippen molar-refractivity contribution in [3.63, 3.8) is 0 Å². The Hall–Kier alpha value is -1.54. The van der Waals surface area contributed by atoms with E-state index in [1.165, 1.54) is 21.9 Å². The molecule has 3 rings (SSSR count). The molecule has 1 heterocycles. The van der Waals surface area contributed by atoms with Crippen LogP contribution in [-0.4, -0.2) is 10.2 Å². The fourth-order valence-electron chi connectivity index (χ4n) is 2.11. The zero-order valence-electron chi connectivity index (χ0n) is 9.29. The number of hydrogen-bond donors (Lipinski definition) is 0. The van der Waals surface area contributed by atoms with Crippen LogP contribution in [0.3, 0.4) is 0 Å². The summed E-state index contributed by atoms with van der Waals surface area (Å²) in [6.07, 6.45) is 0. The van der Waals surface area contributed by atoms with Gasteiger partial charge in [0.25, 0.3) is 0 Å². The molecule has 0 unspecified atom stereocenters. The molecule has 2 aromatic carbocycles. The molecule has 3 aromatic rings. The predicted molar refractivity (Wildman–Crippen MR) is 68.6 cm³/mol. The van der Waals surface area contributed by atoms with Crippen molar-refractivity contribution in [1.29, 1.82) is 0 Å². The van der Waals surface area contributed by atoms with Crippen LogP contribution in [0.15, 0.2) is 34.7 Å². The lowest BCUT2D eigenvalue weighted by molar-refractivity contribution is 0.668. The highest BCUT2D eigenvalue weighted by atomic mass is 28.1. The summed E-state index contributed by atoms with van der Waals surface area (Å²) in [6, 6.07) is 10.2. The molecule has 3 radical (unpaired) electrons. The summed E-state index contributed by atoms with van der Waals surface area (Å²) in [4.78, 5) is 0. The van der Waals surface area contributed by atoms with Crippen LogP contribution in [0.25, 0.3) is 21.9 Å². The van der Waals surface area contributed by atoms with Crippen LogP contribution < -0.4 is 5.19 Å². The summed E-state index contributed by atoms with van der Waals surface area (Å²) in [6.45, 7) is 4.23. The molecule has 2 heteroatoms. The molecule has 1 nitrogen and oxygen atoms in total. The highest BCUT2D eigenvalue weighted by Gasteiger charge is 2.11. The molecule has 0 saturated carbocycles. The summed E-state index contributed by atoms with van der Waals surface area (Å²) in [5.74, 6) is 0. The summed E-state index contributed by atoms with van der Waals surface area (Å²) < 4.78 is 5.84. The van der Waals surface area contributed by atoms with E-state index in [2.05, 4.69) is 36.2 Å². The van der Waals surface area contributed by atoms with Crippen molar-refractivity contribution in [2.75, 3.05) is 0 Å². The highest BCUT2D eigenvalue weighted by Crippen LogP contribution is 2.28. The van der Waals surface area contributed by atoms with Gasteiger partial charge in [0.2, 0.25) is 0 Å². The van der Waals surface area contributed by atoms with Crippen molar-refractivity contribution in [1.82, 2.24) is 0 Å². The van der Waals surface area contributed by atoms with E-state index >= 15 is 0 Å². The van der Waals surface area contributed by atoms with E-state index in [4.69, 9.17) is 4.42 Å². The first kappa shape index (κ1) is 9.67. The van der Waals surface area contributed by atoms with Crippen molar-refractivity contribution in [2.24, 2.45) is 0 Å². The zero-order valence-corrected chi connectivity index (χ0v) is 10.3.